The molecule has 3 rings (SSSR count). The summed E-state index contributed by atoms with van der Waals surface area (Å²) in [6, 6.07) is 5.30. The summed E-state index contributed by atoms with van der Waals surface area (Å²) in [5.41, 5.74) is 0.284. The van der Waals surface area contributed by atoms with Crippen LogP contribution in [0.2, 0.25) is 0 Å². The van der Waals surface area contributed by atoms with Crippen LogP contribution in [0.3, 0.4) is 0 Å². The first-order chi connectivity index (χ1) is 11.0. The van der Waals surface area contributed by atoms with Crippen molar-refractivity contribution < 1.29 is 27.8 Å². The molecule has 2 aliphatic rings. The molecule has 0 spiro atoms. The first kappa shape index (κ1) is 15.6. The number of fused-ring (bicyclic) bond motifs is 2. The number of carbonyl (C=O) groups is 2. The lowest BCUT2D eigenvalue weighted by Gasteiger charge is -2.16. The van der Waals surface area contributed by atoms with Crippen molar-refractivity contribution in [3.8, 4) is 5.75 Å². The standard InChI is InChI=1S/C17H16F2O4/c18-17(19)23-13-5-3-11(4-6-13)15(20)9-22-16(21)14-8-10-1-2-12(14)7-10/h1-6,10,12,14,17H,7-9H2/t10-,12+,14+/m0/s1. The number of hydrogen-bond donors (Lipinski definition) is 0. The van der Waals surface area contributed by atoms with E-state index in [1.54, 1.807) is 0 Å². The Kier molecular flexibility index (Phi) is 4.41. The molecule has 0 amide bonds. The van der Waals surface area contributed by atoms with E-state index < -0.39 is 6.61 Å². The quantitative estimate of drug-likeness (QED) is 0.458. The maximum Gasteiger partial charge on any atom is 0.387 e. The highest BCUT2D eigenvalue weighted by molar-refractivity contribution is 5.98. The molecule has 0 aliphatic heterocycles. The van der Waals surface area contributed by atoms with Crippen molar-refractivity contribution in [3.05, 3.63) is 42.0 Å². The van der Waals surface area contributed by atoms with Crippen molar-refractivity contribution in [1.82, 2.24) is 0 Å². The van der Waals surface area contributed by atoms with E-state index in [0.717, 1.165) is 12.8 Å². The van der Waals surface area contributed by atoms with Crippen molar-refractivity contribution in [2.24, 2.45) is 17.8 Å². The number of halogens is 2. The van der Waals surface area contributed by atoms with Gasteiger partial charge in [-0.3, -0.25) is 9.59 Å². The highest BCUT2D eigenvalue weighted by Gasteiger charge is 2.40. The Bertz CT molecular complexity index is 624. The number of benzene rings is 1. The fourth-order valence-electron chi connectivity index (χ4n) is 3.20. The molecule has 1 fully saturated rings. The van der Waals surface area contributed by atoms with Gasteiger partial charge in [-0.05, 0) is 48.9 Å². The smallest absolute Gasteiger partial charge is 0.387 e. The third-order valence-corrected chi connectivity index (χ3v) is 4.33. The number of allylic oxidation sites excluding steroid dienone is 2. The third-order valence-electron chi connectivity index (χ3n) is 4.33. The molecule has 1 aromatic rings. The van der Waals surface area contributed by atoms with Crippen LogP contribution in [0.25, 0.3) is 0 Å². The van der Waals surface area contributed by atoms with Gasteiger partial charge in [0.2, 0.25) is 0 Å². The molecule has 1 aromatic carbocycles. The van der Waals surface area contributed by atoms with Crippen molar-refractivity contribution in [3.63, 3.8) is 0 Å². The Morgan fingerprint density at radius 1 is 1.13 bits per heavy atom. The minimum atomic E-state index is -2.91. The van der Waals surface area contributed by atoms with Gasteiger partial charge >= 0.3 is 12.6 Å². The Morgan fingerprint density at radius 2 is 1.87 bits per heavy atom. The van der Waals surface area contributed by atoms with Gasteiger partial charge in [0.05, 0.1) is 5.92 Å². The molecule has 6 heteroatoms. The molecule has 2 aliphatic carbocycles. The number of carbonyl (C=O) groups excluding carboxylic acids is 2. The third kappa shape index (κ3) is 3.57. The van der Waals surface area contributed by atoms with Gasteiger partial charge in [-0.2, -0.15) is 8.78 Å². The number of alkyl halides is 2. The molecule has 0 unspecified atom stereocenters. The summed E-state index contributed by atoms with van der Waals surface area (Å²) in [7, 11) is 0. The highest BCUT2D eigenvalue weighted by Crippen LogP contribution is 2.43. The lowest BCUT2D eigenvalue weighted by atomic mass is 9.94. The maximum atomic E-state index is 12.0. The predicted molar refractivity (Wildman–Crippen MR) is 77.2 cm³/mol. The minimum absolute atomic E-state index is 0.0256. The summed E-state index contributed by atoms with van der Waals surface area (Å²) in [5, 5.41) is 0. The topological polar surface area (TPSA) is 52.6 Å². The Labute approximate surface area is 132 Å². The van der Waals surface area contributed by atoms with E-state index in [9.17, 15) is 18.4 Å². The number of ketones is 1. The van der Waals surface area contributed by atoms with E-state index in [1.165, 1.54) is 24.3 Å². The highest BCUT2D eigenvalue weighted by atomic mass is 19.3. The van der Waals surface area contributed by atoms with E-state index in [0.29, 0.717) is 5.92 Å². The summed E-state index contributed by atoms with van der Waals surface area (Å²) >= 11 is 0. The van der Waals surface area contributed by atoms with Gasteiger partial charge in [-0.25, -0.2) is 0 Å². The molecule has 122 valence electrons. The molecule has 0 aromatic heterocycles. The molecule has 0 saturated heterocycles. The van der Waals surface area contributed by atoms with Crippen molar-refractivity contribution in [2.75, 3.05) is 6.61 Å². The van der Waals surface area contributed by atoms with Crippen LogP contribution in [-0.2, 0) is 9.53 Å². The molecule has 0 radical (unpaired) electrons. The average Bonchev–Trinajstić information content (AvgIpc) is 3.15. The molecule has 1 saturated carbocycles. The number of Topliss-reactive ketones (excluding diaryl/α,β-unsaturated/α-hetero) is 1. The summed E-state index contributed by atoms with van der Waals surface area (Å²) in [6.45, 7) is -3.25. The van der Waals surface area contributed by atoms with Gasteiger partial charge in [0.25, 0.3) is 0 Å². The zero-order valence-electron chi connectivity index (χ0n) is 12.3. The van der Waals surface area contributed by atoms with Crippen LogP contribution in [0.1, 0.15) is 23.2 Å². The average molecular weight is 322 g/mol. The zero-order chi connectivity index (χ0) is 16.4. The van der Waals surface area contributed by atoms with E-state index >= 15 is 0 Å². The Hall–Kier alpha value is -2.24. The monoisotopic (exact) mass is 322 g/mol. The van der Waals surface area contributed by atoms with Gasteiger partial charge in [0.1, 0.15) is 5.75 Å². The second kappa shape index (κ2) is 6.48. The largest absolute Gasteiger partial charge is 0.457 e. The molecule has 3 atom stereocenters. The van der Waals surface area contributed by atoms with E-state index in [4.69, 9.17) is 4.74 Å². The lowest BCUT2D eigenvalue weighted by Crippen LogP contribution is -2.24. The van der Waals surface area contributed by atoms with Gasteiger partial charge in [-0.15, -0.1) is 0 Å². The summed E-state index contributed by atoms with van der Waals surface area (Å²) in [6.07, 6.45) is 5.94. The van der Waals surface area contributed by atoms with Gasteiger partial charge in [-0.1, -0.05) is 12.2 Å². The lowest BCUT2D eigenvalue weighted by molar-refractivity contribution is -0.148. The molecule has 0 N–H and O–H groups in total. The maximum absolute atomic E-state index is 12.0. The Balaban J connectivity index is 1.51. The molecule has 0 heterocycles. The van der Waals surface area contributed by atoms with Crippen LogP contribution in [0.15, 0.2) is 36.4 Å². The van der Waals surface area contributed by atoms with Crippen LogP contribution < -0.4 is 4.74 Å². The number of hydrogen-bond acceptors (Lipinski definition) is 4. The first-order valence-corrected chi connectivity index (χ1v) is 7.46. The molecular weight excluding hydrogens is 306 g/mol. The summed E-state index contributed by atoms with van der Waals surface area (Å²) < 4.78 is 33.4. The fourth-order valence-corrected chi connectivity index (χ4v) is 3.20. The van der Waals surface area contributed by atoms with Gasteiger partial charge in [0, 0.05) is 5.56 Å². The zero-order valence-corrected chi connectivity index (χ0v) is 12.3. The molecular formula is C17H16F2O4. The van der Waals surface area contributed by atoms with Crippen LogP contribution in [0.4, 0.5) is 8.78 Å². The minimum Gasteiger partial charge on any atom is -0.457 e. The fraction of sp³-hybridized carbons (Fsp3) is 0.412. The van der Waals surface area contributed by atoms with Gasteiger partial charge < -0.3 is 9.47 Å². The number of esters is 1. The predicted octanol–water partition coefficient (Wildman–Crippen LogP) is 3.23. The van der Waals surface area contributed by atoms with Crippen LogP contribution in [-0.4, -0.2) is 25.0 Å². The van der Waals surface area contributed by atoms with E-state index in [2.05, 4.69) is 10.8 Å². The molecule has 2 bridgehead atoms. The normalized spacial score (nSPS) is 24.9. The second-order valence-electron chi connectivity index (χ2n) is 5.82. The van der Waals surface area contributed by atoms with Crippen LogP contribution in [0.5, 0.6) is 5.75 Å². The first-order valence-electron chi connectivity index (χ1n) is 7.46. The number of ether oxygens (including phenoxy) is 2. The van der Waals surface area contributed by atoms with E-state index in [1.807, 2.05) is 6.08 Å². The molecule has 23 heavy (non-hydrogen) atoms. The molecule has 4 nitrogen and oxygen atoms in total. The second-order valence-corrected chi connectivity index (χ2v) is 5.82. The van der Waals surface area contributed by atoms with Crippen LogP contribution in [0, 0.1) is 17.8 Å². The van der Waals surface area contributed by atoms with Crippen molar-refractivity contribution >= 4 is 11.8 Å². The number of rotatable bonds is 6. The van der Waals surface area contributed by atoms with Crippen molar-refractivity contribution in [1.29, 1.82) is 0 Å². The van der Waals surface area contributed by atoms with Crippen LogP contribution >= 0.6 is 0 Å². The SMILES string of the molecule is O=C(COC(=O)[C@@H]1C[C@H]2C=C[C@@H]1C2)c1ccc(OC(F)F)cc1. The van der Waals surface area contributed by atoms with E-state index in [-0.39, 0.29) is 41.5 Å². The summed E-state index contributed by atoms with van der Waals surface area (Å²) in [5.74, 6) is -0.209. The summed E-state index contributed by atoms with van der Waals surface area (Å²) in [4.78, 5) is 24.0. The van der Waals surface area contributed by atoms with Gasteiger partial charge in [0.15, 0.2) is 12.4 Å². The Morgan fingerprint density at radius 3 is 2.43 bits per heavy atom. The van der Waals surface area contributed by atoms with Crippen molar-refractivity contribution in [2.45, 2.75) is 19.5 Å².